The molecular weight excluding hydrogens is 510 g/mol. The molecule has 0 aliphatic carbocycles. The van der Waals surface area contributed by atoms with E-state index in [0.717, 1.165) is 54.6 Å². The summed E-state index contributed by atoms with van der Waals surface area (Å²) < 4.78 is 22.0. The lowest BCUT2D eigenvalue weighted by molar-refractivity contribution is 0.137. The molecule has 10 heteroatoms. The number of nitrogens with zero attached hydrogens (tertiary/aromatic N) is 2. The van der Waals surface area contributed by atoms with Crippen LogP contribution in [0.25, 0.3) is 0 Å². The topological polar surface area (TPSA) is 72.5 Å². The van der Waals surface area contributed by atoms with E-state index in [2.05, 4.69) is 22.0 Å². The molecule has 37 heavy (non-hydrogen) atoms. The molecule has 0 radical (unpaired) electrons. The van der Waals surface area contributed by atoms with Crippen LogP contribution in [0.15, 0.2) is 42.5 Å². The van der Waals surface area contributed by atoms with Gasteiger partial charge in [-0.3, -0.25) is 4.90 Å². The fraction of sp³-hybridized carbons (Fsp3) is 0.481. The van der Waals surface area contributed by atoms with Gasteiger partial charge in [0.1, 0.15) is 11.6 Å². The minimum atomic E-state index is -0.452. The van der Waals surface area contributed by atoms with Crippen LogP contribution in [0.3, 0.4) is 0 Å². The summed E-state index contributed by atoms with van der Waals surface area (Å²) in [6.45, 7) is 6.28. The van der Waals surface area contributed by atoms with Gasteiger partial charge < -0.3 is 29.2 Å². The third kappa shape index (κ3) is 8.15. The van der Waals surface area contributed by atoms with E-state index in [9.17, 15) is 4.79 Å². The van der Waals surface area contributed by atoms with Gasteiger partial charge in [-0.05, 0) is 17.4 Å². The number of ether oxygens (including phenoxy) is 4. The van der Waals surface area contributed by atoms with Crippen molar-refractivity contribution in [3.05, 3.63) is 53.6 Å². The largest absolute Gasteiger partial charge is 0.493 e. The predicted molar refractivity (Wildman–Crippen MR) is 152 cm³/mol. The van der Waals surface area contributed by atoms with Crippen molar-refractivity contribution >= 4 is 35.1 Å². The monoisotopic (exact) mass is 547 g/mol. The highest BCUT2D eigenvalue weighted by molar-refractivity contribution is 7.99. The van der Waals surface area contributed by atoms with Gasteiger partial charge in [0, 0.05) is 44.0 Å². The minimum absolute atomic E-state index is 0.228. The van der Waals surface area contributed by atoms with E-state index in [0.29, 0.717) is 23.0 Å². The van der Waals surface area contributed by atoms with Crippen LogP contribution >= 0.6 is 24.0 Å². The van der Waals surface area contributed by atoms with Gasteiger partial charge in [-0.1, -0.05) is 55.5 Å². The van der Waals surface area contributed by atoms with E-state index in [4.69, 9.17) is 31.2 Å². The van der Waals surface area contributed by atoms with Crippen molar-refractivity contribution in [3.8, 4) is 17.2 Å². The first-order valence-corrected chi connectivity index (χ1v) is 13.9. The highest BCUT2D eigenvalue weighted by Crippen LogP contribution is 2.40. The molecule has 1 N–H and O–H groups in total. The highest BCUT2D eigenvalue weighted by atomic mass is 32.2. The summed E-state index contributed by atoms with van der Waals surface area (Å²) in [5.41, 5.74) is 1.98. The molecule has 0 bridgehead atoms. The van der Waals surface area contributed by atoms with Crippen molar-refractivity contribution in [1.29, 1.82) is 0 Å². The lowest BCUT2D eigenvalue weighted by Crippen LogP contribution is -2.54. The second-order valence-corrected chi connectivity index (χ2v) is 10.3. The van der Waals surface area contributed by atoms with Crippen molar-refractivity contribution in [3.63, 3.8) is 0 Å². The first-order valence-electron chi connectivity index (χ1n) is 12.3. The van der Waals surface area contributed by atoms with Gasteiger partial charge in [-0.2, -0.15) is 11.8 Å². The molecule has 3 rings (SSSR count). The Bertz CT molecular complexity index is 1020. The molecule has 1 saturated heterocycles. The number of thioether (sulfide) groups is 1. The number of rotatable bonds is 12. The number of amides is 1. The van der Waals surface area contributed by atoms with Crippen molar-refractivity contribution in [2.75, 3.05) is 59.0 Å². The van der Waals surface area contributed by atoms with Crippen LogP contribution in [0.4, 0.5) is 4.79 Å². The van der Waals surface area contributed by atoms with Crippen molar-refractivity contribution in [1.82, 2.24) is 15.1 Å². The molecule has 0 aromatic heterocycles. The van der Waals surface area contributed by atoms with E-state index >= 15 is 0 Å². The Morgan fingerprint density at radius 1 is 1.00 bits per heavy atom. The van der Waals surface area contributed by atoms with Gasteiger partial charge in [0.25, 0.3) is 0 Å². The fourth-order valence-corrected chi connectivity index (χ4v) is 5.34. The molecule has 1 aliphatic heterocycles. The fourth-order valence-electron chi connectivity index (χ4n) is 4.19. The standard InChI is InChI=1S/C27H37N3O5S2/c1-5-37-19-22(28-27(31)35-18-20-9-7-6-8-10-20)26(36)30-15-13-29(14-16-30)17-21-11-12-23(32-2)25(34-4)24(21)33-3/h6-12,22H,5,13-19H2,1-4H3,(H,28,31)/t22-/m0/s1. The SMILES string of the molecule is CCSC[C@H](NC(=O)OCc1ccccc1)C(=S)N1CCN(Cc2ccc(OC)c(OC)c2OC)CC1. The zero-order chi connectivity index (χ0) is 26.6. The normalized spacial score (nSPS) is 14.5. The highest BCUT2D eigenvalue weighted by Gasteiger charge is 2.27. The first-order chi connectivity index (χ1) is 18.0. The molecule has 2 aromatic carbocycles. The summed E-state index contributed by atoms with van der Waals surface area (Å²) in [5, 5.41) is 2.99. The summed E-state index contributed by atoms with van der Waals surface area (Å²) in [6, 6.07) is 13.3. The molecule has 0 spiro atoms. The number of hydrogen-bond acceptors (Lipinski definition) is 8. The zero-order valence-corrected chi connectivity index (χ0v) is 23.7. The third-order valence-electron chi connectivity index (χ3n) is 6.16. The first kappa shape index (κ1) is 28.9. The van der Waals surface area contributed by atoms with Gasteiger partial charge in [-0.15, -0.1) is 0 Å². The van der Waals surface area contributed by atoms with Crippen LogP contribution in [-0.2, 0) is 17.9 Å². The Balaban J connectivity index is 1.56. The number of hydrogen-bond donors (Lipinski definition) is 1. The van der Waals surface area contributed by atoms with Crippen LogP contribution in [0.5, 0.6) is 17.2 Å². The van der Waals surface area contributed by atoms with Crippen LogP contribution in [0.2, 0.25) is 0 Å². The molecule has 1 fully saturated rings. The maximum atomic E-state index is 12.5. The lowest BCUT2D eigenvalue weighted by atomic mass is 10.1. The number of alkyl carbamates (subject to hydrolysis) is 1. The molecule has 1 heterocycles. The van der Waals surface area contributed by atoms with Crippen LogP contribution in [0, 0.1) is 0 Å². The molecule has 0 unspecified atom stereocenters. The summed E-state index contributed by atoms with van der Waals surface area (Å²) in [6.07, 6.45) is -0.452. The van der Waals surface area contributed by atoms with Crippen molar-refractivity contribution in [2.24, 2.45) is 0 Å². The summed E-state index contributed by atoms with van der Waals surface area (Å²) in [7, 11) is 4.87. The van der Waals surface area contributed by atoms with Gasteiger partial charge in [0.05, 0.1) is 27.4 Å². The van der Waals surface area contributed by atoms with Gasteiger partial charge in [0.2, 0.25) is 5.75 Å². The Morgan fingerprint density at radius 3 is 2.32 bits per heavy atom. The molecule has 2 aromatic rings. The van der Waals surface area contributed by atoms with Gasteiger partial charge in [0.15, 0.2) is 11.5 Å². The molecular formula is C27H37N3O5S2. The summed E-state index contributed by atoms with van der Waals surface area (Å²) >= 11 is 7.59. The molecule has 0 saturated carbocycles. The number of carbonyl (C=O) groups is 1. The Labute approximate surface area is 229 Å². The average molecular weight is 548 g/mol. The molecule has 1 amide bonds. The molecule has 8 nitrogen and oxygen atoms in total. The van der Waals surface area contributed by atoms with Crippen molar-refractivity contribution in [2.45, 2.75) is 26.1 Å². The number of thiocarbonyl (C=S) groups is 1. The summed E-state index contributed by atoms with van der Waals surface area (Å²) in [4.78, 5) is 17.8. The maximum absolute atomic E-state index is 12.5. The molecule has 1 atom stereocenters. The molecule has 1 aliphatic rings. The zero-order valence-electron chi connectivity index (χ0n) is 22.0. The minimum Gasteiger partial charge on any atom is -0.493 e. The van der Waals surface area contributed by atoms with Gasteiger partial charge in [-0.25, -0.2) is 4.79 Å². The number of benzene rings is 2. The number of piperazine rings is 1. The second-order valence-electron chi connectivity index (χ2n) is 8.51. The van der Waals surface area contributed by atoms with E-state index in [-0.39, 0.29) is 12.6 Å². The average Bonchev–Trinajstić information content (AvgIpc) is 2.94. The number of methoxy groups -OCH3 is 3. The summed E-state index contributed by atoms with van der Waals surface area (Å²) in [5.74, 6) is 3.59. The second kappa shape index (κ2) is 14.9. The number of carbonyl (C=O) groups excluding carboxylic acids is 1. The Hall–Kier alpha value is -2.69. The Kier molecular flexibility index (Phi) is 11.6. The van der Waals surface area contributed by atoms with Crippen LogP contribution in [0.1, 0.15) is 18.1 Å². The quantitative estimate of drug-likeness (QED) is 0.394. The van der Waals surface area contributed by atoms with Gasteiger partial charge >= 0.3 is 6.09 Å². The maximum Gasteiger partial charge on any atom is 0.408 e. The third-order valence-corrected chi connectivity index (χ3v) is 7.68. The van der Waals surface area contributed by atoms with E-state index in [1.807, 2.05) is 42.5 Å². The molecule has 202 valence electrons. The van der Waals surface area contributed by atoms with E-state index < -0.39 is 6.09 Å². The smallest absolute Gasteiger partial charge is 0.408 e. The number of nitrogens with one attached hydrogen (secondary N) is 1. The van der Waals surface area contributed by atoms with Crippen LogP contribution < -0.4 is 19.5 Å². The van der Waals surface area contributed by atoms with E-state index in [1.54, 1.807) is 33.1 Å². The predicted octanol–water partition coefficient (Wildman–Crippen LogP) is 4.21. The van der Waals surface area contributed by atoms with E-state index in [1.165, 1.54) is 0 Å². The van der Waals surface area contributed by atoms with Crippen LogP contribution in [-0.4, -0.2) is 85.9 Å². The van der Waals surface area contributed by atoms with Crippen molar-refractivity contribution < 1.29 is 23.7 Å². The lowest BCUT2D eigenvalue weighted by Gasteiger charge is -2.38. The Morgan fingerprint density at radius 2 is 1.70 bits per heavy atom.